The molecule has 0 bridgehead atoms. The smallest absolute Gasteiger partial charge is 0.338 e. The zero-order chi connectivity index (χ0) is 26.7. The van der Waals surface area contributed by atoms with Gasteiger partial charge in [-0.25, -0.2) is 9.69 Å². The van der Waals surface area contributed by atoms with Crippen molar-refractivity contribution in [2.45, 2.75) is 6.92 Å². The van der Waals surface area contributed by atoms with Gasteiger partial charge >= 0.3 is 5.97 Å². The van der Waals surface area contributed by atoms with Gasteiger partial charge in [0.15, 0.2) is 0 Å². The van der Waals surface area contributed by atoms with Crippen LogP contribution >= 0.6 is 34.8 Å². The number of hydrogen-bond acceptors (Lipinski definition) is 6. The van der Waals surface area contributed by atoms with Gasteiger partial charge in [0.05, 0.1) is 27.9 Å². The summed E-state index contributed by atoms with van der Waals surface area (Å²) in [5.74, 6) is -2.38. The van der Waals surface area contributed by atoms with Gasteiger partial charge in [0.1, 0.15) is 10.7 Å². The summed E-state index contributed by atoms with van der Waals surface area (Å²) in [6.07, 6.45) is 0. The van der Waals surface area contributed by atoms with Gasteiger partial charge in [-0.3, -0.25) is 14.4 Å². The molecule has 8 nitrogen and oxygen atoms in total. The number of rotatable bonds is 7. The number of carbonyl (C=O) groups excluding carboxylic acids is 4. The third-order valence-electron chi connectivity index (χ3n) is 5.25. The van der Waals surface area contributed by atoms with E-state index in [4.69, 9.17) is 39.5 Å². The Morgan fingerprint density at radius 3 is 2.27 bits per heavy atom. The number of halogens is 3. The van der Waals surface area contributed by atoms with Gasteiger partial charge in [-0.15, -0.1) is 0 Å². The predicted molar refractivity (Wildman–Crippen MR) is 142 cm³/mol. The second-order valence-electron chi connectivity index (χ2n) is 7.67. The second kappa shape index (κ2) is 11.0. The fraction of sp³-hybridized carbons (Fsp3) is 0.0769. The SMILES string of the molecule is CCOC(=O)c1ccc(NC(=O)c2cccc(NC3=C(Cl)C(=O)N(c4cccc(Cl)c4Cl)C3=O)c2)cc1. The lowest BCUT2D eigenvalue weighted by Crippen LogP contribution is -2.32. The van der Waals surface area contributed by atoms with Crippen molar-refractivity contribution in [1.82, 2.24) is 0 Å². The minimum atomic E-state index is -0.765. The molecule has 2 N–H and O–H groups in total. The van der Waals surface area contributed by atoms with Crippen LogP contribution in [0.2, 0.25) is 10.0 Å². The number of hydrogen-bond donors (Lipinski definition) is 2. The fourth-order valence-electron chi connectivity index (χ4n) is 3.49. The molecule has 0 radical (unpaired) electrons. The summed E-state index contributed by atoms with van der Waals surface area (Å²) < 4.78 is 4.94. The Morgan fingerprint density at radius 2 is 1.57 bits per heavy atom. The molecule has 0 saturated carbocycles. The summed E-state index contributed by atoms with van der Waals surface area (Å²) in [5.41, 5.74) is 1.37. The molecule has 1 heterocycles. The van der Waals surface area contributed by atoms with Gasteiger partial charge in [0, 0.05) is 16.9 Å². The van der Waals surface area contributed by atoms with Crippen LogP contribution in [0, 0.1) is 0 Å². The summed E-state index contributed by atoms with van der Waals surface area (Å²) in [4.78, 5) is 51.2. The van der Waals surface area contributed by atoms with E-state index in [1.54, 1.807) is 55.5 Å². The Balaban J connectivity index is 1.50. The lowest BCUT2D eigenvalue weighted by Gasteiger charge is -2.17. The molecule has 1 aliphatic heterocycles. The molecular weight excluding hydrogens is 541 g/mol. The first-order chi connectivity index (χ1) is 17.7. The molecule has 37 heavy (non-hydrogen) atoms. The van der Waals surface area contributed by atoms with Crippen molar-refractivity contribution in [2.75, 3.05) is 22.1 Å². The van der Waals surface area contributed by atoms with Crippen molar-refractivity contribution < 1.29 is 23.9 Å². The molecule has 0 fully saturated rings. The molecule has 188 valence electrons. The Bertz CT molecular complexity index is 1450. The summed E-state index contributed by atoms with van der Waals surface area (Å²) >= 11 is 18.4. The number of nitrogens with one attached hydrogen (secondary N) is 2. The first-order valence-electron chi connectivity index (χ1n) is 10.9. The molecule has 0 aromatic heterocycles. The molecule has 0 spiro atoms. The second-order valence-corrected chi connectivity index (χ2v) is 8.83. The molecule has 3 aromatic carbocycles. The fourth-order valence-corrected chi connectivity index (χ4v) is 4.08. The van der Waals surface area contributed by atoms with Crippen molar-refractivity contribution >= 4 is 75.6 Å². The molecule has 3 aromatic rings. The van der Waals surface area contributed by atoms with E-state index in [1.165, 1.54) is 18.2 Å². The predicted octanol–water partition coefficient (Wildman–Crippen LogP) is 5.86. The first kappa shape index (κ1) is 26.2. The van der Waals surface area contributed by atoms with E-state index < -0.39 is 23.7 Å². The van der Waals surface area contributed by atoms with Crippen molar-refractivity contribution in [3.8, 4) is 0 Å². The van der Waals surface area contributed by atoms with Gasteiger partial charge in [0.25, 0.3) is 17.7 Å². The van der Waals surface area contributed by atoms with Gasteiger partial charge in [0.2, 0.25) is 0 Å². The maximum absolute atomic E-state index is 13.1. The largest absolute Gasteiger partial charge is 0.462 e. The third-order valence-corrected chi connectivity index (χ3v) is 6.41. The number of anilines is 3. The standard InChI is InChI=1S/C26H18Cl3N3O5/c1-2-37-26(36)14-9-11-16(12-10-14)31-23(33)15-5-3-6-17(13-15)30-22-21(29)24(34)32(25(22)35)19-8-4-7-18(27)20(19)28/h3-13,30H,2H2,1H3,(H,31,33). The van der Waals surface area contributed by atoms with Gasteiger partial charge in [-0.1, -0.05) is 46.9 Å². The lowest BCUT2D eigenvalue weighted by atomic mass is 10.1. The number of benzene rings is 3. The average Bonchev–Trinajstić information content (AvgIpc) is 3.09. The number of amides is 3. The minimum absolute atomic E-state index is 0.0329. The van der Waals surface area contributed by atoms with E-state index in [2.05, 4.69) is 10.6 Å². The van der Waals surface area contributed by atoms with Crippen molar-refractivity contribution in [3.63, 3.8) is 0 Å². The Labute approximate surface area is 226 Å². The normalized spacial score (nSPS) is 13.1. The van der Waals surface area contributed by atoms with Crippen LogP contribution in [0.15, 0.2) is 77.5 Å². The molecule has 11 heteroatoms. The minimum Gasteiger partial charge on any atom is -0.462 e. The van der Waals surface area contributed by atoms with Crippen LogP contribution in [0.4, 0.5) is 17.1 Å². The van der Waals surface area contributed by atoms with E-state index in [0.29, 0.717) is 16.9 Å². The summed E-state index contributed by atoms with van der Waals surface area (Å²) in [6, 6.07) is 17.1. The molecule has 0 unspecified atom stereocenters. The Kier molecular flexibility index (Phi) is 7.83. The van der Waals surface area contributed by atoms with Gasteiger partial charge in [-0.2, -0.15) is 0 Å². The highest BCUT2D eigenvalue weighted by Gasteiger charge is 2.40. The van der Waals surface area contributed by atoms with Crippen LogP contribution in [0.3, 0.4) is 0 Å². The zero-order valence-corrected chi connectivity index (χ0v) is 21.4. The van der Waals surface area contributed by atoms with E-state index in [1.807, 2.05) is 0 Å². The number of nitrogens with zero attached hydrogens (tertiary/aromatic N) is 1. The zero-order valence-electron chi connectivity index (χ0n) is 19.2. The van der Waals surface area contributed by atoms with Crippen molar-refractivity contribution in [1.29, 1.82) is 0 Å². The number of ether oxygens (including phenoxy) is 1. The average molecular weight is 559 g/mol. The van der Waals surface area contributed by atoms with Gasteiger partial charge < -0.3 is 15.4 Å². The number of esters is 1. The number of carbonyl (C=O) groups is 4. The molecule has 4 rings (SSSR count). The summed E-state index contributed by atoms with van der Waals surface area (Å²) in [5, 5.41) is 5.42. The lowest BCUT2D eigenvalue weighted by molar-refractivity contribution is -0.120. The summed E-state index contributed by atoms with van der Waals surface area (Å²) in [6.45, 7) is 1.97. The van der Waals surface area contributed by atoms with Gasteiger partial charge in [-0.05, 0) is 61.5 Å². The Hall–Kier alpha value is -3.85. The van der Waals surface area contributed by atoms with E-state index >= 15 is 0 Å². The highest BCUT2D eigenvalue weighted by Crippen LogP contribution is 2.37. The Morgan fingerprint density at radius 1 is 0.865 bits per heavy atom. The quantitative estimate of drug-likeness (QED) is 0.278. The molecule has 0 saturated heterocycles. The molecule has 0 aliphatic carbocycles. The monoisotopic (exact) mass is 557 g/mol. The first-order valence-corrected chi connectivity index (χ1v) is 12.0. The molecule has 0 atom stereocenters. The van der Waals surface area contributed by atoms with Crippen LogP contribution < -0.4 is 15.5 Å². The molecule has 1 aliphatic rings. The van der Waals surface area contributed by atoms with Crippen LogP contribution in [0.5, 0.6) is 0 Å². The molecule has 3 amide bonds. The van der Waals surface area contributed by atoms with Crippen molar-refractivity contribution in [3.05, 3.63) is 98.6 Å². The van der Waals surface area contributed by atoms with Crippen LogP contribution in [0.1, 0.15) is 27.6 Å². The highest BCUT2D eigenvalue weighted by atomic mass is 35.5. The van der Waals surface area contributed by atoms with E-state index in [-0.39, 0.29) is 38.6 Å². The van der Waals surface area contributed by atoms with E-state index in [9.17, 15) is 19.2 Å². The maximum Gasteiger partial charge on any atom is 0.338 e. The number of imide groups is 1. The topological polar surface area (TPSA) is 105 Å². The van der Waals surface area contributed by atoms with Crippen molar-refractivity contribution in [2.24, 2.45) is 0 Å². The third kappa shape index (κ3) is 5.46. The summed E-state index contributed by atoms with van der Waals surface area (Å²) in [7, 11) is 0. The molecular formula is C26H18Cl3N3O5. The highest BCUT2D eigenvalue weighted by molar-refractivity contribution is 6.54. The van der Waals surface area contributed by atoms with Crippen LogP contribution in [0.25, 0.3) is 0 Å². The van der Waals surface area contributed by atoms with Crippen LogP contribution in [-0.4, -0.2) is 30.3 Å². The maximum atomic E-state index is 13.1. The van der Waals surface area contributed by atoms with Crippen LogP contribution in [-0.2, 0) is 14.3 Å². The van der Waals surface area contributed by atoms with E-state index in [0.717, 1.165) is 4.90 Å².